The predicted octanol–water partition coefficient (Wildman–Crippen LogP) is 2.54. The van der Waals surface area contributed by atoms with Gasteiger partial charge in [0.25, 0.3) is 0 Å². The van der Waals surface area contributed by atoms with E-state index in [4.69, 9.17) is 4.74 Å². The van der Waals surface area contributed by atoms with Crippen molar-refractivity contribution in [2.24, 2.45) is 5.92 Å². The number of nitrogens with zero attached hydrogens (tertiary/aromatic N) is 1. The molecule has 0 unspecified atom stereocenters. The van der Waals surface area contributed by atoms with Gasteiger partial charge in [0.15, 0.2) is 0 Å². The van der Waals surface area contributed by atoms with Crippen molar-refractivity contribution in [3.63, 3.8) is 0 Å². The van der Waals surface area contributed by atoms with Gasteiger partial charge in [-0.15, -0.1) is 0 Å². The van der Waals surface area contributed by atoms with Gasteiger partial charge in [-0.1, -0.05) is 48.5 Å². The van der Waals surface area contributed by atoms with Crippen molar-refractivity contribution >= 4 is 10.0 Å². The van der Waals surface area contributed by atoms with Crippen molar-refractivity contribution in [3.8, 4) is 0 Å². The summed E-state index contributed by atoms with van der Waals surface area (Å²) in [5.41, 5.74) is 1.07. The van der Waals surface area contributed by atoms with E-state index in [2.05, 4.69) is 46.3 Å². The smallest absolute Gasteiger partial charge is 0.240 e. The molecule has 2 aromatic carbocycles. The molecule has 2 N–H and O–H groups in total. The molecule has 4 rings (SSSR count). The zero-order valence-electron chi connectivity index (χ0n) is 17.6. The van der Waals surface area contributed by atoms with Gasteiger partial charge < -0.3 is 4.74 Å². The molecule has 0 spiro atoms. The van der Waals surface area contributed by atoms with Gasteiger partial charge in [0, 0.05) is 6.04 Å². The minimum atomic E-state index is -3.52. The first-order valence-electron chi connectivity index (χ1n) is 10.6. The van der Waals surface area contributed by atoms with Crippen molar-refractivity contribution < 1.29 is 13.2 Å². The summed E-state index contributed by atoms with van der Waals surface area (Å²) >= 11 is 0. The molecule has 2 aliphatic heterocycles. The summed E-state index contributed by atoms with van der Waals surface area (Å²) in [5.74, 6) is 0.256. The Morgan fingerprint density at radius 1 is 1.07 bits per heavy atom. The SMILES string of the molecule is C[C@@H](NS(=O)(=O)c1ccccc1)[C@@H]1CCN(C)[C@@H](NC2(c3ccccc3)COC2)C1. The van der Waals surface area contributed by atoms with Gasteiger partial charge in [0.1, 0.15) is 0 Å². The third kappa shape index (κ3) is 4.45. The molecule has 0 amide bonds. The number of nitrogens with one attached hydrogen (secondary N) is 2. The van der Waals surface area contributed by atoms with Crippen LogP contribution in [0.15, 0.2) is 65.6 Å². The molecule has 2 saturated heterocycles. The molecule has 2 aromatic rings. The summed E-state index contributed by atoms with van der Waals surface area (Å²) in [4.78, 5) is 2.65. The van der Waals surface area contributed by atoms with Crippen LogP contribution in [0.3, 0.4) is 0 Å². The van der Waals surface area contributed by atoms with E-state index in [1.165, 1.54) is 5.56 Å². The van der Waals surface area contributed by atoms with E-state index in [1.807, 2.05) is 19.1 Å². The molecule has 3 atom stereocenters. The number of hydrogen-bond acceptors (Lipinski definition) is 5. The Morgan fingerprint density at radius 3 is 2.30 bits per heavy atom. The van der Waals surface area contributed by atoms with E-state index in [-0.39, 0.29) is 23.7 Å². The molecular formula is C23H31N3O3S. The standard InChI is InChI=1S/C23H31N3O3S/c1-18(25-30(27,28)21-11-7-4-8-12-21)19-13-14-26(2)22(15-19)24-23(16-29-17-23)20-9-5-3-6-10-20/h3-12,18-19,22,24-25H,13-17H2,1-2H3/t18-,19-,22-/m1/s1. The fourth-order valence-corrected chi connectivity index (χ4v) is 5.79. The highest BCUT2D eigenvalue weighted by molar-refractivity contribution is 7.89. The normalized spacial score (nSPS) is 25.4. The van der Waals surface area contributed by atoms with E-state index < -0.39 is 10.0 Å². The lowest BCUT2D eigenvalue weighted by atomic mass is 9.84. The van der Waals surface area contributed by atoms with Gasteiger partial charge in [-0.2, -0.15) is 0 Å². The Morgan fingerprint density at radius 2 is 1.70 bits per heavy atom. The van der Waals surface area contributed by atoms with Crippen LogP contribution in [0.5, 0.6) is 0 Å². The van der Waals surface area contributed by atoms with Gasteiger partial charge in [-0.05, 0) is 57.0 Å². The minimum absolute atomic E-state index is 0.140. The Hall–Kier alpha value is -1.77. The van der Waals surface area contributed by atoms with Gasteiger partial charge in [-0.3, -0.25) is 10.2 Å². The van der Waals surface area contributed by atoms with Crippen LogP contribution in [0.4, 0.5) is 0 Å². The first-order valence-corrected chi connectivity index (χ1v) is 12.1. The summed E-state index contributed by atoms with van der Waals surface area (Å²) in [5, 5.41) is 3.84. The van der Waals surface area contributed by atoms with Gasteiger partial charge >= 0.3 is 0 Å². The average molecular weight is 430 g/mol. The van der Waals surface area contributed by atoms with Crippen LogP contribution in [0, 0.1) is 5.92 Å². The summed E-state index contributed by atoms with van der Waals surface area (Å²) in [6, 6.07) is 18.9. The van der Waals surface area contributed by atoms with Crippen molar-refractivity contribution in [1.29, 1.82) is 0 Å². The second-order valence-electron chi connectivity index (χ2n) is 8.59. The zero-order chi connectivity index (χ0) is 21.2. The van der Waals surface area contributed by atoms with Crippen LogP contribution in [0.1, 0.15) is 25.3 Å². The van der Waals surface area contributed by atoms with E-state index in [0.29, 0.717) is 18.1 Å². The quantitative estimate of drug-likeness (QED) is 0.708. The van der Waals surface area contributed by atoms with Crippen molar-refractivity contribution in [1.82, 2.24) is 14.9 Å². The molecule has 2 heterocycles. The second kappa shape index (κ2) is 8.77. The fraction of sp³-hybridized carbons (Fsp3) is 0.478. The van der Waals surface area contributed by atoms with Gasteiger partial charge in [-0.25, -0.2) is 13.1 Å². The molecule has 0 saturated carbocycles. The number of sulfonamides is 1. The number of hydrogen-bond donors (Lipinski definition) is 2. The molecule has 2 aliphatic rings. The van der Waals surface area contributed by atoms with Crippen LogP contribution >= 0.6 is 0 Å². The highest BCUT2D eigenvalue weighted by atomic mass is 32.2. The lowest BCUT2D eigenvalue weighted by Crippen LogP contribution is -2.65. The van der Waals surface area contributed by atoms with Crippen LogP contribution in [0.2, 0.25) is 0 Å². The van der Waals surface area contributed by atoms with Crippen molar-refractivity contribution in [2.45, 2.75) is 42.4 Å². The van der Waals surface area contributed by atoms with E-state index in [0.717, 1.165) is 19.4 Å². The Balaban J connectivity index is 1.44. The molecule has 6 nitrogen and oxygen atoms in total. The summed E-state index contributed by atoms with van der Waals surface area (Å²) in [6.07, 6.45) is 2.00. The van der Waals surface area contributed by atoms with Crippen LogP contribution in [0.25, 0.3) is 0 Å². The largest absolute Gasteiger partial charge is 0.377 e. The van der Waals surface area contributed by atoms with E-state index in [9.17, 15) is 8.42 Å². The lowest BCUT2D eigenvalue weighted by Gasteiger charge is -2.49. The molecule has 0 aromatic heterocycles. The highest BCUT2D eigenvalue weighted by Gasteiger charge is 2.44. The molecule has 0 aliphatic carbocycles. The number of likely N-dealkylation sites (tertiary alicyclic amines) is 1. The summed E-state index contributed by atoms with van der Waals surface area (Å²) < 4.78 is 34.0. The molecular weight excluding hydrogens is 398 g/mol. The Labute approximate surface area is 179 Å². The molecule has 0 radical (unpaired) electrons. The maximum atomic E-state index is 12.7. The number of ether oxygens (including phenoxy) is 1. The Kier molecular flexibility index (Phi) is 6.27. The molecule has 162 valence electrons. The van der Waals surface area contributed by atoms with E-state index in [1.54, 1.807) is 24.3 Å². The first kappa shape index (κ1) is 21.5. The first-order chi connectivity index (χ1) is 14.4. The summed E-state index contributed by atoms with van der Waals surface area (Å²) in [6.45, 7) is 4.21. The molecule has 0 bridgehead atoms. The van der Waals surface area contributed by atoms with Crippen LogP contribution in [-0.4, -0.2) is 52.3 Å². The summed E-state index contributed by atoms with van der Waals surface area (Å²) in [7, 11) is -1.39. The maximum absolute atomic E-state index is 12.7. The maximum Gasteiger partial charge on any atom is 0.240 e. The van der Waals surface area contributed by atoms with Crippen molar-refractivity contribution in [3.05, 3.63) is 66.2 Å². The Bertz CT molecular complexity index is 933. The third-order valence-corrected chi connectivity index (χ3v) is 8.05. The van der Waals surface area contributed by atoms with Gasteiger partial charge in [0.2, 0.25) is 10.0 Å². The highest BCUT2D eigenvalue weighted by Crippen LogP contribution is 2.33. The second-order valence-corrected chi connectivity index (χ2v) is 10.3. The topological polar surface area (TPSA) is 70.7 Å². The fourth-order valence-electron chi connectivity index (χ4n) is 4.46. The predicted molar refractivity (Wildman–Crippen MR) is 117 cm³/mol. The number of rotatable bonds is 7. The number of piperidine rings is 1. The average Bonchev–Trinajstić information content (AvgIpc) is 2.73. The molecule has 7 heteroatoms. The molecule has 30 heavy (non-hydrogen) atoms. The minimum Gasteiger partial charge on any atom is -0.377 e. The van der Waals surface area contributed by atoms with Gasteiger partial charge in [0.05, 0.1) is 29.8 Å². The van der Waals surface area contributed by atoms with Crippen LogP contribution < -0.4 is 10.0 Å². The van der Waals surface area contributed by atoms with E-state index >= 15 is 0 Å². The van der Waals surface area contributed by atoms with Crippen LogP contribution in [-0.2, 0) is 20.3 Å². The monoisotopic (exact) mass is 429 g/mol. The molecule has 2 fully saturated rings. The zero-order valence-corrected chi connectivity index (χ0v) is 18.4. The van der Waals surface area contributed by atoms with Crippen molar-refractivity contribution in [2.75, 3.05) is 26.8 Å². The number of benzene rings is 2. The third-order valence-electron chi connectivity index (χ3n) is 6.48. The lowest BCUT2D eigenvalue weighted by molar-refractivity contribution is -0.0988.